The smallest absolute Gasteiger partial charge is 0.362 e. The van der Waals surface area contributed by atoms with E-state index in [9.17, 15) is 9.59 Å². The van der Waals surface area contributed by atoms with Crippen molar-refractivity contribution in [2.24, 2.45) is 0 Å². The van der Waals surface area contributed by atoms with Crippen LogP contribution >= 0.6 is 11.9 Å². The van der Waals surface area contributed by atoms with Crippen molar-refractivity contribution in [1.82, 2.24) is 0 Å². The fourth-order valence-electron chi connectivity index (χ4n) is 2.87. The first-order chi connectivity index (χ1) is 12.2. The van der Waals surface area contributed by atoms with Crippen LogP contribution in [0, 0.1) is 0 Å². The lowest BCUT2D eigenvalue weighted by molar-refractivity contribution is -0.153. The lowest BCUT2D eigenvalue weighted by Crippen LogP contribution is -2.13. The minimum Gasteiger partial charge on any atom is -0.454 e. The van der Waals surface area contributed by atoms with Gasteiger partial charge in [-0.1, -0.05) is 96.8 Å². The molecule has 0 N–H and O–H groups in total. The molecule has 0 saturated heterocycles. The molecule has 0 atom stereocenters. The summed E-state index contributed by atoms with van der Waals surface area (Å²) < 4.78 is 8.60. The Labute approximate surface area is 159 Å². The predicted octanol–water partition coefficient (Wildman–Crippen LogP) is 6.49. The summed E-state index contributed by atoms with van der Waals surface area (Å²) in [6.07, 6.45) is 19.7. The Balaban J connectivity index is 3.14. The molecular weight excluding hydrogens is 340 g/mol. The summed E-state index contributed by atoms with van der Waals surface area (Å²) in [5.74, 6) is -1.11. The zero-order valence-corrected chi connectivity index (χ0v) is 16.8. The van der Waals surface area contributed by atoms with Gasteiger partial charge in [0.2, 0.25) is 0 Å². The van der Waals surface area contributed by atoms with Crippen LogP contribution in [-0.4, -0.2) is 18.5 Å². The first-order valence-corrected chi connectivity index (χ1v) is 10.5. The summed E-state index contributed by atoms with van der Waals surface area (Å²) in [7, 11) is 0. The molecule has 0 fully saturated rings. The Hall–Kier alpha value is -0.770. The number of hydrogen-bond donors (Lipinski definition) is 0. The van der Waals surface area contributed by atoms with E-state index in [-0.39, 0.29) is 5.97 Å². The minimum absolute atomic E-state index is 0.355. The summed E-state index contributed by atoms with van der Waals surface area (Å²) in [6, 6.07) is 0. The first-order valence-electron chi connectivity index (χ1n) is 10.2. The quantitative estimate of drug-likeness (QED) is 0.202. The molecule has 0 aliphatic carbocycles. The third kappa shape index (κ3) is 19.4. The highest BCUT2D eigenvalue weighted by atomic mass is 35.5. The van der Waals surface area contributed by atoms with Crippen LogP contribution in [0.5, 0.6) is 0 Å². The van der Waals surface area contributed by atoms with E-state index in [2.05, 4.69) is 11.2 Å². The number of halogens is 1. The SMILES string of the molecule is CCCCCCCCCCCCCCCCCC(=O)OCC(=O)OCl. The molecule has 0 amide bonds. The average Bonchev–Trinajstić information content (AvgIpc) is 2.62. The zero-order valence-electron chi connectivity index (χ0n) is 16.0. The molecule has 0 aromatic carbocycles. The minimum atomic E-state index is -0.744. The van der Waals surface area contributed by atoms with Crippen LogP contribution in [0.25, 0.3) is 0 Å². The van der Waals surface area contributed by atoms with E-state index >= 15 is 0 Å². The molecule has 0 unspecified atom stereocenters. The van der Waals surface area contributed by atoms with Gasteiger partial charge in [-0.2, -0.15) is 0 Å². The van der Waals surface area contributed by atoms with E-state index in [0.717, 1.165) is 19.3 Å². The van der Waals surface area contributed by atoms with E-state index in [4.69, 9.17) is 16.6 Å². The molecule has 0 spiro atoms. The summed E-state index contributed by atoms with van der Waals surface area (Å²) >= 11 is 4.84. The van der Waals surface area contributed by atoms with Gasteiger partial charge in [0.1, 0.15) is 11.9 Å². The molecular formula is C20H37ClO4. The van der Waals surface area contributed by atoms with E-state index in [0.29, 0.717) is 6.42 Å². The van der Waals surface area contributed by atoms with Gasteiger partial charge in [-0.15, -0.1) is 0 Å². The van der Waals surface area contributed by atoms with Crippen LogP contribution < -0.4 is 0 Å². The Morgan fingerprint density at radius 2 is 1.04 bits per heavy atom. The summed E-state index contributed by atoms with van der Waals surface area (Å²) in [6.45, 7) is 1.86. The second-order valence-corrected chi connectivity index (χ2v) is 6.96. The first kappa shape index (κ1) is 24.2. The van der Waals surface area contributed by atoms with Gasteiger partial charge in [0.15, 0.2) is 6.61 Å². The van der Waals surface area contributed by atoms with Gasteiger partial charge < -0.3 is 9.03 Å². The van der Waals surface area contributed by atoms with Crippen LogP contribution in [0.3, 0.4) is 0 Å². The molecule has 0 saturated carbocycles. The topological polar surface area (TPSA) is 52.6 Å². The third-order valence-corrected chi connectivity index (χ3v) is 4.59. The monoisotopic (exact) mass is 376 g/mol. The van der Waals surface area contributed by atoms with Gasteiger partial charge in [-0.25, -0.2) is 4.79 Å². The third-order valence-electron chi connectivity index (χ3n) is 4.42. The van der Waals surface area contributed by atoms with Gasteiger partial charge in [-0.05, 0) is 6.42 Å². The molecule has 0 heterocycles. The molecule has 0 aliphatic heterocycles. The summed E-state index contributed by atoms with van der Waals surface area (Å²) in [5, 5.41) is 0. The van der Waals surface area contributed by atoms with Gasteiger partial charge in [0.25, 0.3) is 0 Å². The molecule has 0 bridgehead atoms. The van der Waals surface area contributed by atoms with Gasteiger partial charge in [-0.3, -0.25) is 4.79 Å². The van der Waals surface area contributed by atoms with Crippen LogP contribution in [0.1, 0.15) is 110 Å². The van der Waals surface area contributed by atoms with Crippen molar-refractivity contribution >= 4 is 23.8 Å². The molecule has 148 valence electrons. The van der Waals surface area contributed by atoms with E-state index in [1.807, 2.05) is 0 Å². The molecule has 0 aromatic heterocycles. The number of carbonyl (C=O) groups excluding carboxylic acids is 2. The highest BCUT2D eigenvalue weighted by molar-refractivity contribution is 6.13. The zero-order chi connectivity index (χ0) is 18.6. The molecule has 0 aliphatic rings. The Kier molecular flexibility index (Phi) is 19.0. The van der Waals surface area contributed by atoms with Crippen molar-refractivity contribution in [2.75, 3.05) is 6.61 Å². The largest absolute Gasteiger partial charge is 0.454 e. The van der Waals surface area contributed by atoms with E-state index < -0.39 is 12.6 Å². The van der Waals surface area contributed by atoms with Gasteiger partial charge in [0.05, 0.1) is 0 Å². The standard InChI is InChI=1S/C20H37ClO4/c1-2-3-4-5-6-7-8-9-10-11-12-13-14-15-16-17-19(22)24-18-20(23)25-21/h2-18H2,1H3. The van der Waals surface area contributed by atoms with Crippen molar-refractivity contribution in [3.05, 3.63) is 0 Å². The maximum atomic E-state index is 11.3. The van der Waals surface area contributed by atoms with Crippen molar-refractivity contribution in [1.29, 1.82) is 0 Å². The maximum Gasteiger partial charge on any atom is 0.362 e. The van der Waals surface area contributed by atoms with E-state index in [1.165, 1.54) is 77.0 Å². The Morgan fingerprint density at radius 1 is 0.640 bits per heavy atom. The number of esters is 1. The summed E-state index contributed by atoms with van der Waals surface area (Å²) in [5.41, 5.74) is 0. The fraction of sp³-hybridized carbons (Fsp3) is 0.900. The second kappa shape index (κ2) is 19.6. The number of ether oxygens (including phenoxy) is 1. The van der Waals surface area contributed by atoms with E-state index in [1.54, 1.807) is 0 Å². The lowest BCUT2D eigenvalue weighted by Gasteiger charge is -2.04. The Bertz CT molecular complexity index is 321. The molecule has 5 heteroatoms. The fourth-order valence-corrected chi connectivity index (χ4v) is 2.92. The van der Waals surface area contributed by atoms with Crippen LogP contribution in [0.2, 0.25) is 0 Å². The summed E-state index contributed by atoms with van der Waals surface area (Å²) in [4.78, 5) is 22.0. The molecule has 0 aromatic rings. The van der Waals surface area contributed by atoms with Crippen LogP contribution in [0.4, 0.5) is 0 Å². The lowest BCUT2D eigenvalue weighted by atomic mass is 10.0. The number of hydrogen-bond acceptors (Lipinski definition) is 4. The van der Waals surface area contributed by atoms with Crippen molar-refractivity contribution < 1.29 is 18.6 Å². The normalized spacial score (nSPS) is 10.6. The molecule has 25 heavy (non-hydrogen) atoms. The highest BCUT2D eigenvalue weighted by Crippen LogP contribution is 2.13. The molecule has 4 nitrogen and oxygen atoms in total. The molecule has 0 rings (SSSR count). The van der Waals surface area contributed by atoms with Crippen molar-refractivity contribution in [3.63, 3.8) is 0 Å². The van der Waals surface area contributed by atoms with Gasteiger partial charge in [0, 0.05) is 6.42 Å². The van der Waals surface area contributed by atoms with Crippen molar-refractivity contribution in [2.45, 2.75) is 110 Å². The van der Waals surface area contributed by atoms with Crippen molar-refractivity contribution in [3.8, 4) is 0 Å². The van der Waals surface area contributed by atoms with Gasteiger partial charge >= 0.3 is 11.9 Å². The maximum absolute atomic E-state index is 11.3. The predicted molar refractivity (Wildman–Crippen MR) is 102 cm³/mol. The van der Waals surface area contributed by atoms with Crippen LogP contribution in [-0.2, 0) is 18.6 Å². The number of rotatable bonds is 18. The number of carbonyl (C=O) groups is 2. The average molecular weight is 377 g/mol. The second-order valence-electron chi connectivity index (χ2n) is 6.81. The highest BCUT2D eigenvalue weighted by Gasteiger charge is 2.07. The van der Waals surface area contributed by atoms with Crippen LogP contribution in [0.15, 0.2) is 0 Å². The Morgan fingerprint density at radius 3 is 1.44 bits per heavy atom. The number of unbranched alkanes of at least 4 members (excludes halogenated alkanes) is 14. The molecule has 0 radical (unpaired) electrons.